The highest BCUT2D eigenvalue weighted by Gasteiger charge is 2.29. The van der Waals surface area contributed by atoms with Crippen molar-refractivity contribution in [3.8, 4) is 0 Å². The average molecular weight is 228 g/mol. The smallest absolute Gasteiger partial charge is 0.0267 e. The van der Waals surface area contributed by atoms with Crippen molar-refractivity contribution >= 4 is 0 Å². The monoisotopic (exact) mass is 228 g/mol. The van der Waals surface area contributed by atoms with E-state index < -0.39 is 0 Å². The number of hydrogen-bond donors (Lipinski definition) is 1. The van der Waals surface area contributed by atoms with Gasteiger partial charge in [-0.2, -0.15) is 0 Å². The van der Waals surface area contributed by atoms with Crippen LogP contribution in [0.15, 0.2) is 0 Å². The van der Waals surface area contributed by atoms with Gasteiger partial charge in [-0.3, -0.25) is 4.90 Å². The van der Waals surface area contributed by atoms with Gasteiger partial charge in [-0.15, -0.1) is 0 Å². The minimum absolute atomic E-state index is 0.262. The zero-order valence-corrected chi connectivity index (χ0v) is 12.4. The molecule has 1 unspecified atom stereocenters. The highest BCUT2D eigenvalue weighted by Crippen LogP contribution is 2.25. The van der Waals surface area contributed by atoms with Gasteiger partial charge in [0.1, 0.15) is 0 Å². The summed E-state index contributed by atoms with van der Waals surface area (Å²) in [5.74, 6) is 1.41. The number of hydrogen-bond acceptors (Lipinski definition) is 2. The van der Waals surface area contributed by atoms with E-state index in [1.54, 1.807) is 0 Å². The van der Waals surface area contributed by atoms with Crippen molar-refractivity contribution in [1.29, 1.82) is 0 Å². The molecule has 2 nitrogen and oxygen atoms in total. The van der Waals surface area contributed by atoms with Crippen molar-refractivity contribution < 1.29 is 0 Å². The zero-order valence-electron chi connectivity index (χ0n) is 12.4. The molecule has 2 heteroatoms. The molecule has 2 N–H and O–H groups in total. The van der Waals surface area contributed by atoms with Crippen LogP contribution in [0.3, 0.4) is 0 Å². The van der Waals surface area contributed by atoms with Crippen molar-refractivity contribution in [3.63, 3.8) is 0 Å². The van der Waals surface area contributed by atoms with Crippen molar-refractivity contribution in [2.75, 3.05) is 19.6 Å². The van der Waals surface area contributed by atoms with Gasteiger partial charge < -0.3 is 5.73 Å². The highest BCUT2D eigenvalue weighted by atomic mass is 15.2. The van der Waals surface area contributed by atoms with Crippen LogP contribution in [0, 0.1) is 17.3 Å². The summed E-state index contributed by atoms with van der Waals surface area (Å²) < 4.78 is 0. The predicted molar refractivity (Wildman–Crippen MR) is 73.5 cm³/mol. The van der Waals surface area contributed by atoms with Gasteiger partial charge in [0.25, 0.3) is 0 Å². The van der Waals surface area contributed by atoms with Gasteiger partial charge in [-0.25, -0.2) is 0 Å². The van der Waals surface area contributed by atoms with Crippen LogP contribution < -0.4 is 5.73 Å². The largest absolute Gasteiger partial charge is 0.329 e. The van der Waals surface area contributed by atoms with Gasteiger partial charge in [-0.05, 0) is 17.3 Å². The van der Waals surface area contributed by atoms with Crippen molar-refractivity contribution in [2.24, 2.45) is 23.0 Å². The Kier molecular flexibility index (Phi) is 6.57. The Labute approximate surface area is 103 Å². The lowest BCUT2D eigenvalue weighted by Crippen LogP contribution is -2.51. The average Bonchev–Trinajstić information content (AvgIpc) is 1.99. The van der Waals surface area contributed by atoms with Crippen LogP contribution in [0.2, 0.25) is 0 Å². The van der Waals surface area contributed by atoms with Crippen LogP contribution >= 0.6 is 0 Å². The van der Waals surface area contributed by atoms with Crippen LogP contribution in [0.5, 0.6) is 0 Å². The lowest BCUT2D eigenvalue weighted by atomic mass is 9.85. The second-order valence-corrected chi connectivity index (χ2v) is 6.86. The molecule has 0 rings (SSSR count). The molecule has 0 aromatic rings. The zero-order chi connectivity index (χ0) is 12.9. The quantitative estimate of drug-likeness (QED) is 0.757. The van der Waals surface area contributed by atoms with Crippen LogP contribution in [0.4, 0.5) is 0 Å². The molecule has 0 aliphatic heterocycles. The third-order valence-corrected chi connectivity index (χ3v) is 2.86. The fraction of sp³-hybridized carbons (Fsp3) is 1.00. The maximum Gasteiger partial charge on any atom is 0.0267 e. The number of rotatable bonds is 6. The summed E-state index contributed by atoms with van der Waals surface area (Å²) in [4.78, 5) is 2.58. The number of nitrogens with two attached hydrogens (primary N) is 1. The SMILES string of the molecule is CC(C)CN(CC(C)C)C(CN)C(C)(C)C. The lowest BCUT2D eigenvalue weighted by Gasteiger charge is -2.41. The van der Waals surface area contributed by atoms with Crippen molar-refractivity contribution in [1.82, 2.24) is 4.90 Å². The third kappa shape index (κ3) is 5.86. The summed E-state index contributed by atoms with van der Waals surface area (Å²) in [6.07, 6.45) is 0. The molecular weight excluding hydrogens is 196 g/mol. The number of nitrogens with zero attached hydrogens (tertiary/aromatic N) is 1. The molecule has 0 aromatic heterocycles. The summed E-state index contributed by atoms with van der Waals surface area (Å²) in [6, 6.07) is 0.484. The van der Waals surface area contributed by atoms with E-state index in [0.717, 1.165) is 19.6 Å². The lowest BCUT2D eigenvalue weighted by molar-refractivity contribution is 0.0815. The topological polar surface area (TPSA) is 29.3 Å². The van der Waals surface area contributed by atoms with E-state index in [4.69, 9.17) is 5.73 Å². The fourth-order valence-corrected chi connectivity index (χ4v) is 2.32. The van der Waals surface area contributed by atoms with E-state index in [1.165, 1.54) is 0 Å². The van der Waals surface area contributed by atoms with Crippen molar-refractivity contribution in [3.05, 3.63) is 0 Å². The second-order valence-electron chi connectivity index (χ2n) is 6.86. The molecule has 0 amide bonds. The summed E-state index contributed by atoms with van der Waals surface area (Å²) >= 11 is 0. The maximum absolute atomic E-state index is 5.97. The molecule has 0 aliphatic carbocycles. The second kappa shape index (κ2) is 6.61. The minimum Gasteiger partial charge on any atom is -0.329 e. The summed E-state index contributed by atoms with van der Waals surface area (Å²) in [5.41, 5.74) is 6.23. The Morgan fingerprint density at radius 3 is 1.50 bits per heavy atom. The summed E-state index contributed by atoms with van der Waals surface area (Å²) in [5, 5.41) is 0. The molecule has 0 aromatic carbocycles. The molecule has 0 bridgehead atoms. The molecule has 0 saturated carbocycles. The first kappa shape index (κ1) is 15.9. The van der Waals surface area contributed by atoms with Crippen LogP contribution in [0.25, 0.3) is 0 Å². The first-order valence-electron chi connectivity index (χ1n) is 6.62. The first-order chi connectivity index (χ1) is 7.18. The van der Waals surface area contributed by atoms with Gasteiger partial charge in [-0.1, -0.05) is 48.5 Å². The Hall–Kier alpha value is -0.0800. The Balaban J connectivity index is 4.69. The minimum atomic E-state index is 0.262. The standard InChI is InChI=1S/C14H32N2/c1-11(2)9-16(10-12(3)4)13(8-15)14(5,6)7/h11-13H,8-10,15H2,1-7H3. The molecule has 0 aliphatic rings. The van der Waals surface area contributed by atoms with E-state index in [0.29, 0.717) is 17.9 Å². The van der Waals surface area contributed by atoms with Gasteiger partial charge in [0.15, 0.2) is 0 Å². The maximum atomic E-state index is 5.97. The Morgan fingerprint density at radius 2 is 1.31 bits per heavy atom. The van der Waals surface area contributed by atoms with E-state index in [1.807, 2.05) is 0 Å². The summed E-state index contributed by atoms with van der Waals surface area (Å²) in [6.45, 7) is 19.0. The van der Waals surface area contributed by atoms with Crippen LogP contribution in [-0.4, -0.2) is 30.6 Å². The molecule has 0 heterocycles. The van der Waals surface area contributed by atoms with Gasteiger partial charge in [0.2, 0.25) is 0 Å². The highest BCUT2D eigenvalue weighted by molar-refractivity contribution is 4.85. The Bertz CT molecular complexity index is 170. The molecule has 0 fully saturated rings. The third-order valence-electron chi connectivity index (χ3n) is 2.86. The van der Waals surface area contributed by atoms with Crippen molar-refractivity contribution in [2.45, 2.75) is 54.5 Å². The van der Waals surface area contributed by atoms with Crippen LogP contribution in [0.1, 0.15) is 48.5 Å². The molecule has 98 valence electrons. The van der Waals surface area contributed by atoms with E-state index in [2.05, 4.69) is 53.4 Å². The van der Waals surface area contributed by atoms with E-state index >= 15 is 0 Å². The van der Waals surface area contributed by atoms with Gasteiger partial charge >= 0.3 is 0 Å². The van der Waals surface area contributed by atoms with E-state index in [9.17, 15) is 0 Å². The van der Waals surface area contributed by atoms with Gasteiger partial charge in [0.05, 0.1) is 0 Å². The molecule has 0 saturated heterocycles. The molecule has 0 radical (unpaired) electrons. The molecule has 0 spiro atoms. The first-order valence-corrected chi connectivity index (χ1v) is 6.62. The summed E-state index contributed by atoms with van der Waals surface area (Å²) in [7, 11) is 0. The Morgan fingerprint density at radius 1 is 0.938 bits per heavy atom. The van der Waals surface area contributed by atoms with Gasteiger partial charge in [0, 0.05) is 25.7 Å². The van der Waals surface area contributed by atoms with E-state index in [-0.39, 0.29) is 5.41 Å². The molecular formula is C14H32N2. The fourth-order valence-electron chi connectivity index (χ4n) is 2.32. The molecule has 16 heavy (non-hydrogen) atoms. The molecule has 1 atom stereocenters. The normalized spacial score (nSPS) is 15.2. The van der Waals surface area contributed by atoms with Crippen LogP contribution in [-0.2, 0) is 0 Å². The predicted octanol–water partition coefficient (Wildman–Crippen LogP) is 2.97.